The zero-order valence-corrected chi connectivity index (χ0v) is 17.7. The van der Waals surface area contributed by atoms with Gasteiger partial charge in [-0.3, -0.25) is 4.79 Å². The summed E-state index contributed by atoms with van der Waals surface area (Å²) in [7, 11) is 3.24. The van der Waals surface area contributed by atoms with Gasteiger partial charge in [-0.25, -0.2) is 4.68 Å². The van der Waals surface area contributed by atoms with Crippen LogP contribution in [0.3, 0.4) is 0 Å². The molecule has 1 aliphatic heterocycles. The van der Waals surface area contributed by atoms with Crippen LogP contribution in [-0.4, -0.2) is 29.9 Å². The van der Waals surface area contributed by atoms with E-state index in [-0.39, 0.29) is 5.91 Å². The number of rotatable bonds is 5. The van der Waals surface area contributed by atoms with Crippen molar-refractivity contribution in [1.82, 2.24) is 15.1 Å². The molecule has 1 atom stereocenters. The predicted octanol–water partition coefficient (Wildman–Crippen LogP) is 4.41. The zero-order valence-electron chi connectivity index (χ0n) is 17.7. The van der Waals surface area contributed by atoms with Crippen molar-refractivity contribution in [3.05, 3.63) is 90.1 Å². The molecule has 0 radical (unpaired) electrons. The number of hydrogen-bond donors (Lipinski definition) is 2. The fraction of sp³-hybridized carbons (Fsp3) is 0.120. The highest BCUT2D eigenvalue weighted by Crippen LogP contribution is 2.38. The Morgan fingerprint density at radius 1 is 0.875 bits per heavy atom. The smallest absolute Gasteiger partial charge is 0.255 e. The summed E-state index contributed by atoms with van der Waals surface area (Å²) in [6.45, 7) is 0. The van der Waals surface area contributed by atoms with E-state index >= 15 is 0 Å². The van der Waals surface area contributed by atoms with Crippen LogP contribution in [0.2, 0.25) is 0 Å². The topological polar surface area (TPSA) is 77.4 Å². The SMILES string of the molecule is COc1ccc(OC)c(-c2nn(-c3ccccc3)cc2[C@H]2NC(=O)c3ccccc3N2)c1. The van der Waals surface area contributed by atoms with E-state index in [9.17, 15) is 4.79 Å². The third-order valence-corrected chi connectivity index (χ3v) is 5.48. The van der Waals surface area contributed by atoms with Gasteiger partial charge in [0, 0.05) is 23.0 Å². The maximum absolute atomic E-state index is 12.8. The summed E-state index contributed by atoms with van der Waals surface area (Å²) in [5, 5.41) is 11.4. The third kappa shape index (κ3) is 3.43. The Hall–Kier alpha value is -4.26. The average Bonchev–Trinajstić information content (AvgIpc) is 3.29. The summed E-state index contributed by atoms with van der Waals surface area (Å²) in [6.07, 6.45) is 1.45. The van der Waals surface area contributed by atoms with Gasteiger partial charge in [0.05, 0.1) is 25.5 Å². The minimum absolute atomic E-state index is 0.139. The summed E-state index contributed by atoms with van der Waals surface area (Å²) < 4.78 is 12.9. The number of methoxy groups -OCH3 is 2. The molecule has 0 unspecified atom stereocenters. The van der Waals surface area contributed by atoms with Crippen molar-refractivity contribution in [1.29, 1.82) is 0 Å². The van der Waals surface area contributed by atoms with Crippen molar-refractivity contribution in [3.63, 3.8) is 0 Å². The van der Waals surface area contributed by atoms with E-state index in [0.29, 0.717) is 22.8 Å². The normalized spacial score (nSPS) is 14.8. The molecule has 0 saturated carbocycles. The van der Waals surface area contributed by atoms with Gasteiger partial charge < -0.3 is 20.1 Å². The predicted molar refractivity (Wildman–Crippen MR) is 122 cm³/mol. The first-order chi connectivity index (χ1) is 15.7. The van der Waals surface area contributed by atoms with Crippen molar-refractivity contribution in [2.45, 2.75) is 6.17 Å². The van der Waals surface area contributed by atoms with Gasteiger partial charge in [0.15, 0.2) is 0 Å². The standard InChI is InChI=1S/C25H22N4O3/c1-31-17-12-13-22(32-2)19(14-17)23-20(15-29(28-23)16-8-4-3-5-9-16)24-26-21-11-7-6-10-18(21)25(30)27-24/h3-15,24,26H,1-2H3,(H,27,30)/t24-/m1/s1. The maximum atomic E-state index is 12.8. The van der Waals surface area contributed by atoms with Crippen LogP contribution < -0.4 is 20.1 Å². The number of fused-ring (bicyclic) bond motifs is 1. The van der Waals surface area contributed by atoms with E-state index < -0.39 is 6.17 Å². The van der Waals surface area contributed by atoms with Gasteiger partial charge >= 0.3 is 0 Å². The molecule has 1 aliphatic rings. The number of amides is 1. The molecule has 4 aromatic rings. The lowest BCUT2D eigenvalue weighted by molar-refractivity contribution is 0.0936. The number of nitrogens with one attached hydrogen (secondary N) is 2. The molecule has 32 heavy (non-hydrogen) atoms. The fourth-order valence-electron chi connectivity index (χ4n) is 3.88. The molecular weight excluding hydrogens is 404 g/mol. The number of hydrogen-bond acceptors (Lipinski definition) is 5. The Labute approximate surface area is 185 Å². The Balaban J connectivity index is 1.68. The molecule has 7 nitrogen and oxygen atoms in total. The van der Waals surface area contributed by atoms with Crippen LogP contribution >= 0.6 is 0 Å². The van der Waals surface area contributed by atoms with E-state index in [2.05, 4.69) is 10.6 Å². The first-order valence-corrected chi connectivity index (χ1v) is 10.2. The second-order valence-electron chi connectivity index (χ2n) is 7.38. The minimum atomic E-state index is -0.472. The number of carbonyl (C=O) groups is 1. The first kappa shape index (κ1) is 19.7. The Morgan fingerprint density at radius 3 is 2.44 bits per heavy atom. The van der Waals surface area contributed by atoms with Crippen LogP contribution in [0.5, 0.6) is 11.5 Å². The molecule has 0 aliphatic carbocycles. The summed E-state index contributed by atoms with van der Waals surface area (Å²) in [6, 6.07) is 22.9. The van der Waals surface area contributed by atoms with Crippen molar-refractivity contribution < 1.29 is 14.3 Å². The number of aromatic nitrogens is 2. The molecule has 2 N–H and O–H groups in total. The highest BCUT2D eigenvalue weighted by molar-refractivity contribution is 6.01. The van der Waals surface area contributed by atoms with E-state index in [1.165, 1.54) is 0 Å². The summed E-state index contributed by atoms with van der Waals surface area (Å²) >= 11 is 0. The Bertz CT molecular complexity index is 1280. The lowest BCUT2D eigenvalue weighted by Gasteiger charge is -2.28. The van der Waals surface area contributed by atoms with Crippen molar-refractivity contribution >= 4 is 11.6 Å². The molecule has 0 fully saturated rings. The van der Waals surface area contributed by atoms with E-state index in [1.807, 2.05) is 72.9 Å². The van der Waals surface area contributed by atoms with E-state index in [0.717, 1.165) is 22.5 Å². The minimum Gasteiger partial charge on any atom is -0.497 e. The molecule has 160 valence electrons. The second-order valence-corrected chi connectivity index (χ2v) is 7.38. The van der Waals surface area contributed by atoms with E-state index in [4.69, 9.17) is 14.6 Å². The van der Waals surface area contributed by atoms with Crippen LogP contribution in [0.15, 0.2) is 79.0 Å². The molecular formula is C25H22N4O3. The molecule has 0 bridgehead atoms. The largest absolute Gasteiger partial charge is 0.497 e. The molecule has 1 amide bonds. The van der Waals surface area contributed by atoms with Crippen LogP contribution in [0.4, 0.5) is 5.69 Å². The van der Waals surface area contributed by atoms with Gasteiger partial charge in [-0.2, -0.15) is 5.10 Å². The third-order valence-electron chi connectivity index (χ3n) is 5.48. The maximum Gasteiger partial charge on any atom is 0.255 e. The number of nitrogens with zero attached hydrogens (tertiary/aromatic N) is 2. The van der Waals surface area contributed by atoms with Crippen LogP contribution in [-0.2, 0) is 0 Å². The quantitative estimate of drug-likeness (QED) is 0.494. The van der Waals surface area contributed by atoms with Crippen LogP contribution in [0, 0.1) is 0 Å². The van der Waals surface area contributed by atoms with Crippen LogP contribution in [0.25, 0.3) is 16.9 Å². The number of anilines is 1. The molecule has 2 heterocycles. The van der Waals surface area contributed by atoms with Crippen molar-refractivity contribution in [2.75, 3.05) is 19.5 Å². The molecule has 3 aromatic carbocycles. The number of ether oxygens (including phenoxy) is 2. The Kier molecular flexibility index (Phi) is 4.99. The summed E-state index contributed by atoms with van der Waals surface area (Å²) in [4.78, 5) is 12.8. The van der Waals surface area contributed by atoms with Crippen LogP contribution in [0.1, 0.15) is 22.1 Å². The van der Waals surface area contributed by atoms with Gasteiger partial charge in [0.2, 0.25) is 0 Å². The number of carbonyl (C=O) groups excluding carboxylic acids is 1. The zero-order chi connectivity index (χ0) is 22.1. The van der Waals surface area contributed by atoms with Crippen molar-refractivity contribution in [2.24, 2.45) is 0 Å². The summed E-state index contributed by atoms with van der Waals surface area (Å²) in [5.41, 5.74) is 4.55. The van der Waals surface area contributed by atoms with Gasteiger partial charge in [-0.05, 0) is 42.5 Å². The molecule has 0 saturated heterocycles. The fourth-order valence-corrected chi connectivity index (χ4v) is 3.88. The average molecular weight is 426 g/mol. The molecule has 7 heteroatoms. The van der Waals surface area contributed by atoms with Crippen molar-refractivity contribution in [3.8, 4) is 28.4 Å². The highest BCUT2D eigenvalue weighted by atomic mass is 16.5. The van der Waals surface area contributed by atoms with Gasteiger partial charge in [0.1, 0.15) is 23.4 Å². The highest BCUT2D eigenvalue weighted by Gasteiger charge is 2.29. The Morgan fingerprint density at radius 2 is 1.66 bits per heavy atom. The molecule has 5 rings (SSSR count). The van der Waals surface area contributed by atoms with Gasteiger partial charge in [-0.15, -0.1) is 0 Å². The number of benzene rings is 3. The first-order valence-electron chi connectivity index (χ1n) is 10.2. The number of para-hydroxylation sites is 2. The summed E-state index contributed by atoms with van der Waals surface area (Å²) in [5.74, 6) is 1.21. The lowest BCUT2D eigenvalue weighted by Crippen LogP contribution is -2.38. The second kappa shape index (κ2) is 8.11. The van der Waals surface area contributed by atoms with E-state index in [1.54, 1.807) is 25.0 Å². The monoisotopic (exact) mass is 426 g/mol. The molecule has 1 aromatic heterocycles. The molecule has 0 spiro atoms. The van der Waals surface area contributed by atoms with Gasteiger partial charge in [0.25, 0.3) is 5.91 Å². The van der Waals surface area contributed by atoms with Gasteiger partial charge in [-0.1, -0.05) is 30.3 Å². The lowest BCUT2D eigenvalue weighted by atomic mass is 10.0.